The number of aromatic nitrogens is 2. The van der Waals surface area contributed by atoms with Crippen molar-refractivity contribution in [3.8, 4) is 0 Å². The minimum atomic E-state index is -0.615. The zero-order chi connectivity index (χ0) is 17.5. The summed E-state index contributed by atoms with van der Waals surface area (Å²) in [5, 5.41) is 7.45. The SMILES string of the molecule is COCCn1nc(C)c(CNC(=O)C(OC)c2ccccc2)c1C. The quantitative estimate of drug-likeness (QED) is 0.805. The van der Waals surface area contributed by atoms with Gasteiger partial charge in [-0.05, 0) is 19.4 Å². The van der Waals surface area contributed by atoms with Crippen LogP contribution < -0.4 is 5.32 Å². The van der Waals surface area contributed by atoms with Crippen LogP contribution in [0.1, 0.15) is 28.6 Å². The van der Waals surface area contributed by atoms with Crippen molar-refractivity contribution < 1.29 is 14.3 Å². The van der Waals surface area contributed by atoms with Crippen LogP contribution in [0.4, 0.5) is 0 Å². The molecule has 1 aromatic carbocycles. The lowest BCUT2D eigenvalue weighted by Crippen LogP contribution is -2.30. The Kier molecular flexibility index (Phi) is 6.52. The maximum absolute atomic E-state index is 12.5. The highest BCUT2D eigenvalue weighted by atomic mass is 16.5. The zero-order valence-electron chi connectivity index (χ0n) is 14.7. The van der Waals surface area contributed by atoms with E-state index in [2.05, 4.69) is 10.4 Å². The van der Waals surface area contributed by atoms with E-state index in [1.165, 1.54) is 7.11 Å². The Balaban J connectivity index is 2.04. The van der Waals surface area contributed by atoms with Crippen LogP contribution in [0.5, 0.6) is 0 Å². The monoisotopic (exact) mass is 331 g/mol. The normalized spacial score (nSPS) is 12.2. The van der Waals surface area contributed by atoms with Crippen molar-refractivity contribution in [3.05, 3.63) is 52.8 Å². The van der Waals surface area contributed by atoms with Gasteiger partial charge in [-0.2, -0.15) is 5.10 Å². The number of nitrogens with zero attached hydrogens (tertiary/aromatic N) is 2. The van der Waals surface area contributed by atoms with Gasteiger partial charge < -0.3 is 14.8 Å². The standard InChI is InChI=1S/C18H25N3O3/c1-13-16(14(2)21(20-13)10-11-23-3)12-19-18(22)17(24-4)15-8-6-5-7-9-15/h5-9,17H,10-12H2,1-4H3,(H,19,22). The van der Waals surface area contributed by atoms with Gasteiger partial charge in [0, 0.05) is 32.0 Å². The molecular weight excluding hydrogens is 306 g/mol. The summed E-state index contributed by atoms with van der Waals surface area (Å²) in [5.74, 6) is -0.160. The van der Waals surface area contributed by atoms with E-state index in [9.17, 15) is 4.79 Å². The average molecular weight is 331 g/mol. The average Bonchev–Trinajstić information content (AvgIpc) is 2.86. The first-order chi connectivity index (χ1) is 11.6. The molecule has 0 saturated carbocycles. The van der Waals surface area contributed by atoms with Crippen LogP contribution in [-0.4, -0.2) is 36.5 Å². The molecule has 1 amide bonds. The Hall–Kier alpha value is -2.18. The van der Waals surface area contributed by atoms with Gasteiger partial charge in [-0.25, -0.2) is 0 Å². The van der Waals surface area contributed by atoms with Gasteiger partial charge in [0.2, 0.25) is 0 Å². The Labute approximate surface area is 142 Å². The Morgan fingerprint density at radius 3 is 2.58 bits per heavy atom. The van der Waals surface area contributed by atoms with E-state index in [1.54, 1.807) is 7.11 Å². The second-order valence-electron chi connectivity index (χ2n) is 5.61. The lowest BCUT2D eigenvalue weighted by atomic mass is 10.1. The van der Waals surface area contributed by atoms with Crippen LogP contribution in [0, 0.1) is 13.8 Å². The van der Waals surface area contributed by atoms with Crippen molar-refractivity contribution in [3.63, 3.8) is 0 Å². The highest BCUT2D eigenvalue weighted by Crippen LogP contribution is 2.17. The van der Waals surface area contributed by atoms with Gasteiger partial charge >= 0.3 is 0 Å². The first-order valence-electron chi connectivity index (χ1n) is 7.95. The van der Waals surface area contributed by atoms with E-state index in [0.29, 0.717) is 19.7 Å². The van der Waals surface area contributed by atoms with Gasteiger partial charge in [0.1, 0.15) is 0 Å². The Morgan fingerprint density at radius 1 is 1.25 bits per heavy atom. The first kappa shape index (κ1) is 18.2. The van der Waals surface area contributed by atoms with Crippen molar-refractivity contribution in [2.24, 2.45) is 0 Å². The molecule has 0 aliphatic heterocycles. The van der Waals surface area contributed by atoms with Gasteiger partial charge in [0.25, 0.3) is 5.91 Å². The van der Waals surface area contributed by atoms with Gasteiger partial charge in [0.15, 0.2) is 6.10 Å². The summed E-state index contributed by atoms with van der Waals surface area (Å²) in [6.45, 7) is 5.68. The molecule has 0 aliphatic rings. The molecule has 1 N–H and O–H groups in total. The summed E-state index contributed by atoms with van der Waals surface area (Å²) in [6, 6.07) is 9.46. The smallest absolute Gasteiger partial charge is 0.254 e. The molecule has 0 fully saturated rings. The fourth-order valence-electron chi connectivity index (χ4n) is 2.68. The van der Waals surface area contributed by atoms with Crippen molar-refractivity contribution in [2.75, 3.05) is 20.8 Å². The Bertz CT molecular complexity index is 668. The number of benzene rings is 1. The summed E-state index contributed by atoms with van der Waals surface area (Å²) in [5.41, 5.74) is 3.82. The van der Waals surface area contributed by atoms with Crippen molar-refractivity contribution in [2.45, 2.75) is 33.0 Å². The molecule has 1 unspecified atom stereocenters. The molecule has 0 spiro atoms. The molecule has 6 heteroatoms. The number of amides is 1. The predicted octanol–water partition coefficient (Wildman–Crippen LogP) is 2.15. The van der Waals surface area contributed by atoms with Crippen molar-refractivity contribution in [1.29, 1.82) is 0 Å². The van der Waals surface area contributed by atoms with E-state index in [1.807, 2.05) is 48.9 Å². The largest absolute Gasteiger partial charge is 0.383 e. The minimum absolute atomic E-state index is 0.160. The fourth-order valence-corrected chi connectivity index (χ4v) is 2.68. The second kappa shape index (κ2) is 8.61. The summed E-state index contributed by atoms with van der Waals surface area (Å²) in [4.78, 5) is 12.5. The van der Waals surface area contributed by atoms with Crippen molar-refractivity contribution >= 4 is 5.91 Å². The molecule has 0 radical (unpaired) electrons. The number of nitrogens with one attached hydrogen (secondary N) is 1. The third kappa shape index (κ3) is 4.21. The third-order valence-electron chi connectivity index (χ3n) is 4.05. The van der Waals surface area contributed by atoms with Crippen LogP contribution in [-0.2, 0) is 27.4 Å². The molecule has 1 heterocycles. The van der Waals surface area contributed by atoms with Crippen LogP contribution in [0.3, 0.4) is 0 Å². The number of hydrogen-bond donors (Lipinski definition) is 1. The summed E-state index contributed by atoms with van der Waals surface area (Å²) >= 11 is 0. The van der Waals surface area contributed by atoms with E-state index < -0.39 is 6.10 Å². The van der Waals surface area contributed by atoms with E-state index in [0.717, 1.165) is 22.5 Å². The molecular formula is C18H25N3O3. The van der Waals surface area contributed by atoms with E-state index in [4.69, 9.17) is 9.47 Å². The third-order valence-corrected chi connectivity index (χ3v) is 4.05. The lowest BCUT2D eigenvalue weighted by Gasteiger charge is -2.15. The summed E-state index contributed by atoms with van der Waals surface area (Å²) in [6.07, 6.45) is -0.615. The van der Waals surface area contributed by atoms with Gasteiger partial charge in [-0.15, -0.1) is 0 Å². The molecule has 24 heavy (non-hydrogen) atoms. The van der Waals surface area contributed by atoms with Gasteiger partial charge in [-0.1, -0.05) is 30.3 Å². The highest BCUT2D eigenvalue weighted by Gasteiger charge is 2.20. The predicted molar refractivity (Wildman–Crippen MR) is 91.6 cm³/mol. The number of methoxy groups -OCH3 is 2. The topological polar surface area (TPSA) is 65.4 Å². The number of hydrogen-bond acceptors (Lipinski definition) is 4. The molecule has 6 nitrogen and oxygen atoms in total. The zero-order valence-corrected chi connectivity index (χ0v) is 14.7. The molecule has 1 aromatic heterocycles. The highest BCUT2D eigenvalue weighted by molar-refractivity contribution is 5.82. The second-order valence-corrected chi connectivity index (χ2v) is 5.61. The minimum Gasteiger partial charge on any atom is -0.383 e. The fraction of sp³-hybridized carbons (Fsp3) is 0.444. The molecule has 130 valence electrons. The van der Waals surface area contributed by atoms with E-state index >= 15 is 0 Å². The molecule has 0 bridgehead atoms. The Morgan fingerprint density at radius 2 is 1.96 bits per heavy atom. The van der Waals surface area contributed by atoms with Crippen LogP contribution in [0.25, 0.3) is 0 Å². The maximum Gasteiger partial charge on any atom is 0.254 e. The molecule has 1 atom stereocenters. The number of carbonyl (C=O) groups is 1. The summed E-state index contributed by atoms with van der Waals surface area (Å²) < 4.78 is 12.4. The molecule has 0 aliphatic carbocycles. The summed E-state index contributed by atoms with van der Waals surface area (Å²) in [7, 11) is 3.21. The van der Waals surface area contributed by atoms with Crippen LogP contribution in [0.2, 0.25) is 0 Å². The number of rotatable bonds is 8. The first-order valence-corrected chi connectivity index (χ1v) is 7.95. The lowest BCUT2D eigenvalue weighted by molar-refractivity contribution is -0.131. The van der Waals surface area contributed by atoms with Gasteiger partial charge in [-0.3, -0.25) is 9.48 Å². The van der Waals surface area contributed by atoms with Crippen LogP contribution in [0.15, 0.2) is 30.3 Å². The molecule has 0 saturated heterocycles. The maximum atomic E-state index is 12.5. The number of carbonyl (C=O) groups excluding carboxylic acids is 1. The molecule has 2 rings (SSSR count). The number of aryl methyl sites for hydroxylation is 1. The van der Waals surface area contributed by atoms with E-state index in [-0.39, 0.29) is 5.91 Å². The van der Waals surface area contributed by atoms with Gasteiger partial charge in [0.05, 0.1) is 18.8 Å². The number of ether oxygens (including phenoxy) is 2. The van der Waals surface area contributed by atoms with Crippen molar-refractivity contribution in [1.82, 2.24) is 15.1 Å². The molecule has 2 aromatic rings. The van der Waals surface area contributed by atoms with Crippen LogP contribution >= 0.6 is 0 Å².